The summed E-state index contributed by atoms with van der Waals surface area (Å²) in [6, 6.07) is 4.07. The number of nitrogens with one attached hydrogen (secondary N) is 2. The van der Waals surface area contributed by atoms with Gasteiger partial charge in [0.25, 0.3) is 0 Å². The molecule has 0 radical (unpaired) electrons. The summed E-state index contributed by atoms with van der Waals surface area (Å²) in [7, 11) is 1.69. The fraction of sp³-hybridized carbons (Fsp3) is 0.417. The predicted molar refractivity (Wildman–Crippen MR) is 70.2 cm³/mol. The van der Waals surface area contributed by atoms with Gasteiger partial charge < -0.3 is 15.4 Å². The molecule has 112 valence electrons. The van der Waals surface area contributed by atoms with Crippen molar-refractivity contribution in [2.75, 3.05) is 25.5 Å². The topological polar surface area (TPSA) is 50.4 Å². The van der Waals surface area contributed by atoms with Crippen molar-refractivity contribution in [2.24, 2.45) is 0 Å². The molecule has 0 saturated heterocycles. The van der Waals surface area contributed by atoms with E-state index in [0.29, 0.717) is 6.54 Å². The molecule has 1 amide bonds. The molecule has 4 nitrogen and oxygen atoms in total. The van der Waals surface area contributed by atoms with Crippen molar-refractivity contribution < 1.29 is 22.7 Å². The Morgan fingerprint density at radius 2 is 2.10 bits per heavy atom. The Morgan fingerprint density at radius 1 is 1.40 bits per heavy atom. The number of rotatable bonds is 6. The predicted octanol–water partition coefficient (Wildman–Crippen LogP) is 2.83. The van der Waals surface area contributed by atoms with E-state index in [4.69, 9.17) is 11.6 Å². The van der Waals surface area contributed by atoms with Crippen LogP contribution in [0.4, 0.5) is 18.9 Å². The Bertz CT molecular complexity index is 467. The van der Waals surface area contributed by atoms with Gasteiger partial charge in [0.2, 0.25) is 5.91 Å². The zero-order valence-corrected chi connectivity index (χ0v) is 11.4. The van der Waals surface area contributed by atoms with Crippen LogP contribution in [0.15, 0.2) is 18.2 Å². The standard InChI is InChI=1S/C12H14ClF3N2O2/c1-17-5-4-11(19)18-9-3-2-8(13)6-10(9)20-7-12(14,15)16/h2-3,6,17H,4-5,7H2,1H3,(H,18,19). The van der Waals surface area contributed by atoms with Crippen molar-refractivity contribution in [3.8, 4) is 5.75 Å². The van der Waals surface area contributed by atoms with Crippen LogP contribution >= 0.6 is 11.6 Å². The molecule has 0 heterocycles. The maximum atomic E-state index is 12.1. The van der Waals surface area contributed by atoms with Crippen LogP contribution in [-0.2, 0) is 4.79 Å². The van der Waals surface area contributed by atoms with Crippen LogP contribution in [0.1, 0.15) is 6.42 Å². The quantitative estimate of drug-likeness (QED) is 0.849. The summed E-state index contributed by atoms with van der Waals surface area (Å²) in [4.78, 5) is 11.5. The van der Waals surface area contributed by atoms with Crippen LogP contribution in [0.3, 0.4) is 0 Å². The molecule has 0 aliphatic rings. The lowest BCUT2D eigenvalue weighted by molar-refractivity contribution is -0.153. The number of carbonyl (C=O) groups is 1. The van der Waals surface area contributed by atoms with E-state index < -0.39 is 12.8 Å². The van der Waals surface area contributed by atoms with Gasteiger partial charge >= 0.3 is 6.18 Å². The van der Waals surface area contributed by atoms with E-state index in [1.165, 1.54) is 18.2 Å². The van der Waals surface area contributed by atoms with Gasteiger partial charge in [-0.05, 0) is 19.2 Å². The zero-order chi connectivity index (χ0) is 15.2. The average Bonchev–Trinajstić information content (AvgIpc) is 2.35. The number of halogens is 4. The first-order valence-corrected chi connectivity index (χ1v) is 6.13. The number of amides is 1. The second-order valence-corrected chi connectivity index (χ2v) is 4.38. The van der Waals surface area contributed by atoms with Crippen molar-refractivity contribution in [1.82, 2.24) is 5.32 Å². The van der Waals surface area contributed by atoms with Gasteiger partial charge in [-0.15, -0.1) is 0 Å². The number of alkyl halides is 3. The van der Waals surface area contributed by atoms with Crippen molar-refractivity contribution in [3.05, 3.63) is 23.2 Å². The lowest BCUT2D eigenvalue weighted by atomic mass is 10.2. The third-order valence-corrected chi connectivity index (χ3v) is 2.45. The third kappa shape index (κ3) is 6.12. The fourth-order valence-corrected chi connectivity index (χ4v) is 1.49. The van der Waals surface area contributed by atoms with Crippen molar-refractivity contribution >= 4 is 23.2 Å². The van der Waals surface area contributed by atoms with E-state index in [0.717, 1.165) is 0 Å². The molecular formula is C12H14ClF3N2O2. The summed E-state index contributed by atoms with van der Waals surface area (Å²) in [5, 5.41) is 5.49. The van der Waals surface area contributed by atoms with Gasteiger partial charge in [-0.3, -0.25) is 4.79 Å². The molecule has 0 aromatic heterocycles. The number of hydrogen-bond donors (Lipinski definition) is 2. The van der Waals surface area contributed by atoms with Gasteiger partial charge in [-0.1, -0.05) is 11.6 Å². The summed E-state index contributed by atoms with van der Waals surface area (Å²) in [6.07, 6.45) is -4.27. The first kappa shape index (κ1) is 16.6. The minimum atomic E-state index is -4.46. The molecule has 2 N–H and O–H groups in total. The number of carbonyl (C=O) groups excluding carboxylic acids is 1. The molecule has 0 aliphatic heterocycles. The number of hydrogen-bond acceptors (Lipinski definition) is 3. The van der Waals surface area contributed by atoms with E-state index in [1.807, 2.05) is 0 Å². The SMILES string of the molecule is CNCCC(=O)Nc1ccc(Cl)cc1OCC(F)(F)F. The maximum Gasteiger partial charge on any atom is 0.422 e. The second kappa shape index (κ2) is 7.35. The molecule has 0 aliphatic carbocycles. The molecule has 1 aromatic rings. The maximum absolute atomic E-state index is 12.1. The van der Waals surface area contributed by atoms with Crippen LogP contribution in [0.2, 0.25) is 5.02 Å². The molecule has 0 spiro atoms. The van der Waals surface area contributed by atoms with Gasteiger partial charge in [0.05, 0.1) is 5.69 Å². The fourth-order valence-electron chi connectivity index (χ4n) is 1.33. The minimum absolute atomic E-state index is 0.118. The molecule has 0 bridgehead atoms. The molecule has 1 aromatic carbocycles. The van der Waals surface area contributed by atoms with E-state index in [1.54, 1.807) is 7.05 Å². The zero-order valence-electron chi connectivity index (χ0n) is 10.7. The molecule has 0 atom stereocenters. The molecule has 1 rings (SSSR count). The van der Waals surface area contributed by atoms with Gasteiger partial charge in [0.1, 0.15) is 5.75 Å². The Kier molecular flexibility index (Phi) is 6.09. The van der Waals surface area contributed by atoms with Crippen molar-refractivity contribution in [2.45, 2.75) is 12.6 Å². The molecule has 8 heteroatoms. The van der Waals surface area contributed by atoms with Crippen LogP contribution in [0.25, 0.3) is 0 Å². The number of benzene rings is 1. The summed E-state index contributed by atoms with van der Waals surface area (Å²) in [5.74, 6) is -0.453. The molecule has 0 saturated carbocycles. The van der Waals surface area contributed by atoms with Crippen LogP contribution in [0, 0.1) is 0 Å². The lowest BCUT2D eigenvalue weighted by Crippen LogP contribution is -2.21. The largest absolute Gasteiger partial charge is 0.482 e. The highest BCUT2D eigenvalue weighted by Crippen LogP contribution is 2.29. The van der Waals surface area contributed by atoms with E-state index in [9.17, 15) is 18.0 Å². The van der Waals surface area contributed by atoms with E-state index in [2.05, 4.69) is 15.4 Å². The first-order valence-electron chi connectivity index (χ1n) is 5.75. The third-order valence-electron chi connectivity index (χ3n) is 2.21. The van der Waals surface area contributed by atoms with Crippen LogP contribution in [0.5, 0.6) is 5.75 Å². The van der Waals surface area contributed by atoms with Crippen LogP contribution < -0.4 is 15.4 Å². The minimum Gasteiger partial charge on any atom is -0.482 e. The molecule has 20 heavy (non-hydrogen) atoms. The Labute approximate surface area is 119 Å². The average molecular weight is 311 g/mol. The van der Waals surface area contributed by atoms with Gasteiger partial charge in [0, 0.05) is 24.1 Å². The first-order chi connectivity index (χ1) is 9.31. The number of anilines is 1. The Balaban J connectivity index is 2.76. The van der Waals surface area contributed by atoms with Gasteiger partial charge in [0.15, 0.2) is 6.61 Å². The Hall–Kier alpha value is -1.47. The van der Waals surface area contributed by atoms with Gasteiger partial charge in [-0.2, -0.15) is 13.2 Å². The van der Waals surface area contributed by atoms with Crippen molar-refractivity contribution in [1.29, 1.82) is 0 Å². The molecular weight excluding hydrogens is 297 g/mol. The highest BCUT2D eigenvalue weighted by atomic mass is 35.5. The molecule has 0 unspecified atom stereocenters. The summed E-state index contributed by atoms with van der Waals surface area (Å²) in [6.45, 7) is -0.995. The smallest absolute Gasteiger partial charge is 0.422 e. The monoisotopic (exact) mass is 310 g/mol. The summed E-state index contributed by atoms with van der Waals surface area (Å²) < 4.78 is 41.1. The highest BCUT2D eigenvalue weighted by molar-refractivity contribution is 6.30. The number of ether oxygens (including phenoxy) is 1. The normalized spacial score (nSPS) is 11.2. The van der Waals surface area contributed by atoms with Gasteiger partial charge in [-0.25, -0.2) is 0 Å². The second-order valence-electron chi connectivity index (χ2n) is 3.95. The Morgan fingerprint density at radius 3 is 2.70 bits per heavy atom. The molecule has 0 fully saturated rings. The van der Waals surface area contributed by atoms with Crippen molar-refractivity contribution in [3.63, 3.8) is 0 Å². The van der Waals surface area contributed by atoms with E-state index in [-0.39, 0.29) is 28.8 Å². The van der Waals surface area contributed by atoms with E-state index >= 15 is 0 Å². The summed E-state index contributed by atoms with van der Waals surface area (Å²) >= 11 is 5.70. The highest BCUT2D eigenvalue weighted by Gasteiger charge is 2.29. The lowest BCUT2D eigenvalue weighted by Gasteiger charge is -2.14. The van der Waals surface area contributed by atoms with Crippen LogP contribution in [-0.4, -0.2) is 32.3 Å². The summed E-state index contributed by atoms with van der Waals surface area (Å²) in [5.41, 5.74) is 0.153.